The molecular formula is C21H22FN5O7. The van der Waals surface area contributed by atoms with Gasteiger partial charge in [0.1, 0.15) is 24.0 Å². The Bertz CT molecular complexity index is 1310. The smallest absolute Gasteiger partial charge is 0.332 e. The van der Waals surface area contributed by atoms with Gasteiger partial charge in [-0.3, -0.25) is 14.2 Å². The number of hydrogen-bond donors (Lipinski definition) is 2. The molecule has 3 N–H and O–H groups in total. The summed E-state index contributed by atoms with van der Waals surface area (Å²) in [7, 11) is 0. The zero-order chi connectivity index (χ0) is 24.6. The molecule has 2 aromatic heterocycles. The lowest BCUT2D eigenvalue weighted by atomic mass is 10.1. The van der Waals surface area contributed by atoms with Crippen LogP contribution in [0.5, 0.6) is 5.75 Å². The van der Waals surface area contributed by atoms with Crippen molar-refractivity contribution in [2.45, 2.75) is 45.0 Å². The Labute approximate surface area is 191 Å². The number of nitrogens with zero attached hydrogens (tertiary/aromatic N) is 4. The van der Waals surface area contributed by atoms with Crippen molar-refractivity contribution in [2.75, 3.05) is 12.3 Å². The van der Waals surface area contributed by atoms with Crippen LogP contribution in [0.25, 0.3) is 11.2 Å². The van der Waals surface area contributed by atoms with Crippen LogP contribution in [0, 0.1) is 0 Å². The summed E-state index contributed by atoms with van der Waals surface area (Å²) >= 11 is 0. The maximum atomic E-state index is 15.2. The standard InChI is InChI=1S/C21H22FN5O7/c1-10(28)32-9-15-16(22)17(33-11(2)29)19(34-15)27-18-14(7-24-20(23)25-18)26(21(27)31)8-12-4-3-5-13(30)6-12/h3-7,15-17,19,30H,8-9H2,1-2H3,(H2,23,24,25)/t15-,16-,17-,19-/m1/s1. The monoisotopic (exact) mass is 475 g/mol. The fourth-order valence-electron chi connectivity index (χ4n) is 3.84. The normalized spacial score (nSPS) is 22.1. The summed E-state index contributed by atoms with van der Waals surface area (Å²) in [5, 5.41) is 9.77. The van der Waals surface area contributed by atoms with Gasteiger partial charge in [-0.2, -0.15) is 4.98 Å². The van der Waals surface area contributed by atoms with Crippen molar-refractivity contribution in [2.24, 2.45) is 0 Å². The van der Waals surface area contributed by atoms with Gasteiger partial charge >= 0.3 is 17.6 Å². The number of aromatic hydroxyl groups is 1. The Morgan fingerprint density at radius 1 is 1.29 bits per heavy atom. The lowest BCUT2D eigenvalue weighted by Crippen LogP contribution is -2.37. The van der Waals surface area contributed by atoms with E-state index in [0.29, 0.717) is 5.56 Å². The summed E-state index contributed by atoms with van der Waals surface area (Å²) in [6, 6.07) is 6.29. The topological polar surface area (TPSA) is 161 Å². The summed E-state index contributed by atoms with van der Waals surface area (Å²) in [6.45, 7) is 1.82. The van der Waals surface area contributed by atoms with Gasteiger partial charge in [-0.15, -0.1) is 0 Å². The van der Waals surface area contributed by atoms with Crippen molar-refractivity contribution < 1.29 is 33.3 Å². The van der Waals surface area contributed by atoms with Crippen molar-refractivity contribution in [3.8, 4) is 5.75 Å². The lowest BCUT2D eigenvalue weighted by molar-refractivity contribution is -0.154. The number of carbonyl (C=O) groups excluding carboxylic acids is 2. The number of alkyl halides is 1. The number of nitrogens with two attached hydrogens (primary N) is 1. The first-order valence-electron chi connectivity index (χ1n) is 10.3. The van der Waals surface area contributed by atoms with Gasteiger partial charge in [0.05, 0.1) is 12.7 Å². The second-order valence-corrected chi connectivity index (χ2v) is 7.73. The van der Waals surface area contributed by atoms with Gasteiger partial charge in [0.25, 0.3) is 0 Å². The molecule has 0 spiro atoms. The van der Waals surface area contributed by atoms with Gasteiger partial charge < -0.3 is 25.1 Å². The molecule has 0 radical (unpaired) electrons. The maximum absolute atomic E-state index is 15.2. The molecule has 1 aromatic carbocycles. The Balaban J connectivity index is 1.82. The minimum Gasteiger partial charge on any atom is -0.508 e. The molecule has 12 nitrogen and oxygen atoms in total. The maximum Gasteiger partial charge on any atom is 0.332 e. The van der Waals surface area contributed by atoms with E-state index in [2.05, 4.69) is 9.97 Å². The lowest BCUT2D eigenvalue weighted by Gasteiger charge is -2.19. The first-order valence-corrected chi connectivity index (χ1v) is 10.3. The van der Waals surface area contributed by atoms with Crippen LogP contribution < -0.4 is 11.4 Å². The van der Waals surface area contributed by atoms with Gasteiger partial charge in [-0.1, -0.05) is 12.1 Å². The number of carbonyl (C=O) groups is 2. The molecule has 1 aliphatic rings. The molecule has 13 heteroatoms. The second kappa shape index (κ2) is 9.09. The average molecular weight is 475 g/mol. The van der Waals surface area contributed by atoms with E-state index in [0.717, 1.165) is 18.4 Å². The van der Waals surface area contributed by atoms with Crippen molar-refractivity contribution in [3.63, 3.8) is 0 Å². The number of fused-ring (bicyclic) bond motifs is 1. The predicted octanol–water partition coefficient (Wildman–Crippen LogP) is 0.659. The van der Waals surface area contributed by atoms with E-state index < -0.39 is 48.8 Å². The molecule has 4 rings (SSSR count). The quantitative estimate of drug-likeness (QED) is 0.485. The number of imidazole rings is 1. The van der Waals surface area contributed by atoms with E-state index in [9.17, 15) is 19.5 Å². The third kappa shape index (κ3) is 4.41. The first-order chi connectivity index (χ1) is 16.2. The van der Waals surface area contributed by atoms with E-state index in [-0.39, 0.29) is 29.4 Å². The van der Waals surface area contributed by atoms with E-state index in [1.807, 2.05) is 0 Å². The Kier molecular flexibility index (Phi) is 6.20. The van der Waals surface area contributed by atoms with Crippen LogP contribution in [0.1, 0.15) is 25.6 Å². The average Bonchev–Trinajstić information content (AvgIpc) is 3.19. The number of nitrogen functional groups attached to an aromatic ring is 1. The molecule has 1 saturated heterocycles. The van der Waals surface area contributed by atoms with Crippen molar-refractivity contribution in [3.05, 3.63) is 46.5 Å². The van der Waals surface area contributed by atoms with Crippen LogP contribution in [0.2, 0.25) is 0 Å². The minimum atomic E-state index is -1.90. The van der Waals surface area contributed by atoms with E-state index in [4.69, 9.17) is 19.9 Å². The van der Waals surface area contributed by atoms with Gasteiger partial charge in [0.15, 0.2) is 24.2 Å². The number of anilines is 1. The molecule has 0 saturated carbocycles. The molecule has 0 aliphatic carbocycles. The molecule has 1 aliphatic heterocycles. The number of ether oxygens (including phenoxy) is 3. The van der Waals surface area contributed by atoms with Crippen LogP contribution in [0.4, 0.5) is 10.3 Å². The number of phenols is 1. The molecule has 0 amide bonds. The van der Waals surface area contributed by atoms with Gasteiger partial charge in [0, 0.05) is 13.8 Å². The van der Waals surface area contributed by atoms with Crippen molar-refractivity contribution >= 4 is 29.1 Å². The molecule has 0 unspecified atom stereocenters. The fraction of sp³-hybridized carbons (Fsp3) is 0.381. The third-order valence-corrected chi connectivity index (χ3v) is 5.25. The highest BCUT2D eigenvalue weighted by atomic mass is 19.1. The molecule has 3 heterocycles. The zero-order valence-electron chi connectivity index (χ0n) is 18.3. The second-order valence-electron chi connectivity index (χ2n) is 7.73. The zero-order valence-corrected chi connectivity index (χ0v) is 18.3. The summed E-state index contributed by atoms with van der Waals surface area (Å²) in [4.78, 5) is 44.5. The fourth-order valence-corrected chi connectivity index (χ4v) is 3.84. The van der Waals surface area contributed by atoms with E-state index in [1.54, 1.807) is 12.1 Å². The van der Waals surface area contributed by atoms with Gasteiger partial charge in [-0.05, 0) is 17.7 Å². The molecule has 34 heavy (non-hydrogen) atoms. The number of benzene rings is 1. The van der Waals surface area contributed by atoms with Gasteiger partial charge in [0.2, 0.25) is 5.95 Å². The summed E-state index contributed by atoms with van der Waals surface area (Å²) in [6.07, 6.45) is -4.81. The van der Waals surface area contributed by atoms with Crippen LogP contribution in [-0.4, -0.2) is 61.1 Å². The minimum absolute atomic E-state index is 0.0115. The number of halogens is 1. The van der Waals surface area contributed by atoms with Crippen LogP contribution >= 0.6 is 0 Å². The third-order valence-electron chi connectivity index (χ3n) is 5.25. The molecule has 0 bridgehead atoms. The van der Waals surface area contributed by atoms with Crippen molar-refractivity contribution in [1.82, 2.24) is 19.1 Å². The first kappa shape index (κ1) is 23.2. The highest BCUT2D eigenvalue weighted by Crippen LogP contribution is 2.35. The van der Waals surface area contributed by atoms with E-state index in [1.165, 1.54) is 22.9 Å². The summed E-state index contributed by atoms with van der Waals surface area (Å²) in [5.41, 5.74) is 5.95. The molecule has 180 valence electrons. The SMILES string of the molecule is CC(=O)OC[C@H]1O[C@@H](n2c(=O)n(Cc3cccc(O)c3)c3cnc(N)nc32)[C@H](OC(C)=O)[C@@H]1F. The molecule has 3 aromatic rings. The van der Waals surface area contributed by atoms with Crippen LogP contribution in [0.3, 0.4) is 0 Å². The Morgan fingerprint density at radius 3 is 2.74 bits per heavy atom. The number of hydrogen-bond acceptors (Lipinski definition) is 10. The number of phenolic OH excluding ortho intramolecular Hbond substituents is 1. The molecular weight excluding hydrogens is 453 g/mol. The summed E-state index contributed by atoms with van der Waals surface area (Å²) in [5.74, 6) is -1.58. The Morgan fingerprint density at radius 2 is 2.06 bits per heavy atom. The Hall–Kier alpha value is -4.00. The van der Waals surface area contributed by atoms with Gasteiger partial charge in [-0.25, -0.2) is 18.7 Å². The predicted molar refractivity (Wildman–Crippen MR) is 114 cm³/mol. The van der Waals surface area contributed by atoms with Crippen LogP contribution in [0.15, 0.2) is 35.3 Å². The number of aromatic nitrogens is 4. The molecule has 4 atom stereocenters. The summed E-state index contributed by atoms with van der Waals surface area (Å²) < 4.78 is 33.3. The highest BCUT2D eigenvalue weighted by Gasteiger charge is 2.50. The van der Waals surface area contributed by atoms with Crippen molar-refractivity contribution in [1.29, 1.82) is 0 Å². The van der Waals surface area contributed by atoms with Crippen LogP contribution in [-0.2, 0) is 30.3 Å². The number of rotatable bonds is 6. The molecule has 1 fully saturated rings. The van der Waals surface area contributed by atoms with E-state index >= 15 is 4.39 Å². The highest BCUT2D eigenvalue weighted by molar-refractivity contribution is 5.72. The largest absolute Gasteiger partial charge is 0.508 e. The number of esters is 2.